The van der Waals surface area contributed by atoms with Gasteiger partial charge in [0.05, 0.1) is 17.1 Å². The number of aromatic nitrogens is 2. The fraction of sp³-hybridized carbons (Fsp3) is 0.160. The molecule has 0 saturated carbocycles. The van der Waals surface area contributed by atoms with Crippen molar-refractivity contribution in [1.29, 1.82) is 0 Å². The lowest BCUT2D eigenvalue weighted by molar-refractivity contribution is 0.475. The number of aromatic hydroxyl groups is 2. The molecule has 4 nitrogen and oxygen atoms in total. The molecule has 0 saturated heterocycles. The van der Waals surface area contributed by atoms with Crippen LogP contribution in [0.25, 0.3) is 28.2 Å². The van der Waals surface area contributed by atoms with Gasteiger partial charge >= 0.3 is 0 Å². The second kappa shape index (κ2) is 7.47. The number of rotatable bonds is 4. The molecule has 2 N–H and O–H groups in total. The monoisotopic (exact) mass is 384 g/mol. The van der Waals surface area contributed by atoms with Crippen molar-refractivity contribution in [2.45, 2.75) is 27.2 Å². The van der Waals surface area contributed by atoms with Gasteiger partial charge in [-0.25, -0.2) is 4.68 Å². The Hall–Kier alpha value is -3.53. The molecular formula is C25H24N2O2. The molecule has 4 aromatic rings. The van der Waals surface area contributed by atoms with E-state index in [-0.39, 0.29) is 11.5 Å². The van der Waals surface area contributed by atoms with Gasteiger partial charge in [0.15, 0.2) is 0 Å². The van der Waals surface area contributed by atoms with Gasteiger partial charge in [0.2, 0.25) is 0 Å². The number of nitrogens with zero attached hydrogens (tertiary/aromatic N) is 2. The van der Waals surface area contributed by atoms with Gasteiger partial charge in [0.25, 0.3) is 0 Å². The summed E-state index contributed by atoms with van der Waals surface area (Å²) in [5, 5.41) is 24.4. The second-order valence-corrected chi connectivity index (χ2v) is 7.30. The summed E-state index contributed by atoms with van der Waals surface area (Å²) in [5.74, 6) is 0.474. The zero-order valence-electron chi connectivity index (χ0n) is 16.8. The van der Waals surface area contributed by atoms with Gasteiger partial charge in [-0.1, -0.05) is 13.0 Å². The summed E-state index contributed by atoms with van der Waals surface area (Å²) in [5.41, 5.74) is 8.43. The van der Waals surface area contributed by atoms with E-state index in [9.17, 15) is 10.2 Å². The Morgan fingerprint density at radius 1 is 0.759 bits per heavy atom. The minimum Gasteiger partial charge on any atom is -0.508 e. The average Bonchev–Trinajstić information content (AvgIpc) is 3.11. The lowest BCUT2D eigenvalue weighted by Gasteiger charge is -2.11. The molecule has 0 fully saturated rings. The van der Waals surface area contributed by atoms with Crippen molar-refractivity contribution in [3.05, 3.63) is 83.4 Å². The predicted molar refractivity (Wildman–Crippen MR) is 117 cm³/mol. The highest BCUT2D eigenvalue weighted by molar-refractivity contribution is 5.76. The summed E-state index contributed by atoms with van der Waals surface area (Å²) in [6.07, 6.45) is 0.803. The zero-order valence-corrected chi connectivity index (χ0v) is 16.8. The summed E-state index contributed by atoms with van der Waals surface area (Å²) in [4.78, 5) is 0. The maximum Gasteiger partial charge on any atom is 0.115 e. The van der Waals surface area contributed by atoms with Crippen molar-refractivity contribution < 1.29 is 10.2 Å². The van der Waals surface area contributed by atoms with Crippen molar-refractivity contribution >= 4 is 0 Å². The first-order valence-corrected chi connectivity index (χ1v) is 9.76. The van der Waals surface area contributed by atoms with Gasteiger partial charge in [0.1, 0.15) is 11.5 Å². The number of phenolic OH excluding ortho intramolecular Hbond substituents is 2. The first-order chi connectivity index (χ1) is 14.0. The van der Waals surface area contributed by atoms with Crippen LogP contribution in [0.3, 0.4) is 0 Å². The Labute approximate surface area is 170 Å². The molecular weight excluding hydrogens is 360 g/mol. The first-order valence-electron chi connectivity index (χ1n) is 9.76. The van der Waals surface area contributed by atoms with Crippen LogP contribution in [0.1, 0.15) is 23.6 Å². The molecule has 4 heteroatoms. The third-order valence-corrected chi connectivity index (χ3v) is 5.35. The van der Waals surface area contributed by atoms with Gasteiger partial charge in [0, 0.05) is 16.7 Å². The normalized spacial score (nSPS) is 11.0. The molecule has 1 heterocycles. The number of hydrogen-bond acceptors (Lipinski definition) is 3. The maximum absolute atomic E-state index is 9.75. The maximum atomic E-state index is 9.75. The van der Waals surface area contributed by atoms with E-state index >= 15 is 0 Å². The molecule has 3 aromatic carbocycles. The minimum atomic E-state index is 0.235. The molecule has 0 spiro atoms. The highest BCUT2D eigenvalue weighted by Crippen LogP contribution is 2.36. The average molecular weight is 384 g/mol. The standard InChI is InChI=1S/C25H24N2O2/c1-4-23-24(18-6-11-21(28)12-7-18)26-27(20-10-5-16(2)17(3)15-20)25(23)19-8-13-22(29)14-9-19/h5-15,28-29H,4H2,1-3H3. The summed E-state index contributed by atoms with van der Waals surface area (Å²) < 4.78 is 1.99. The fourth-order valence-electron chi connectivity index (χ4n) is 3.60. The number of phenols is 2. The lowest BCUT2D eigenvalue weighted by atomic mass is 9.99. The summed E-state index contributed by atoms with van der Waals surface area (Å²) >= 11 is 0. The van der Waals surface area contributed by atoms with Crippen molar-refractivity contribution in [2.75, 3.05) is 0 Å². The number of aryl methyl sites for hydroxylation is 2. The Balaban J connectivity index is 2.00. The predicted octanol–water partition coefficient (Wildman–Crippen LogP) is 5.80. The molecule has 0 aliphatic carbocycles. The van der Waals surface area contributed by atoms with Crippen LogP contribution < -0.4 is 0 Å². The topological polar surface area (TPSA) is 58.3 Å². The summed E-state index contributed by atoms with van der Waals surface area (Å²) in [7, 11) is 0. The van der Waals surface area contributed by atoms with E-state index in [1.807, 2.05) is 28.9 Å². The van der Waals surface area contributed by atoms with Crippen LogP contribution in [0.2, 0.25) is 0 Å². The third-order valence-electron chi connectivity index (χ3n) is 5.35. The Kier molecular flexibility index (Phi) is 4.85. The van der Waals surface area contributed by atoms with Crippen LogP contribution >= 0.6 is 0 Å². The highest BCUT2D eigenvalue weighted by atomic mass is 16.3. The highest BCUT2D eigenvalue weighted by Gasteiger charge is 2.20. The van der Waals surface area contributed by atoms with Crippen LogP contribution in [0.5, 0.6) is 11.5 Å². The largest absolute Gasteiger partial charge is 0.508 e. The Bertz CT molecular complexity index is 1160. The Morgan fingerprint density at radius 2 is 1.34 bits per heavy atom. The van der Waals surface area contributed by atoms with E-state index < -0.39 is 0 Å². The molecule has 0 aliphatic rings. The van der Waals surface area contributed by atoms with Gasteiger partial charge in [-0.2, -0.15) is 5.10 Å². The molecule has 146 valence electrons. The molecule has 0 aliphatic heterocycles. The summed E-state index contributed by atoms with van der Waals surface area (Å²) in [6.45, 7) is 6.32. The molecule has 0 atom stereocenters. The van der Waals surface area contributed by atoms with E-state index in [1.165, 1.54) is 11.1 Å². The van der Waals surface area contributed by atoms with Crippen molar-refractivity contribution in [1.82, 2.24) is 9.78 Å². The molecule has 0 radical (unpaired) electrons. The van der Waals surface area contributed by atoms with Crippen molar-refractivity contribution in [3.8, 4) is 39.7 Å². The SMILES string of the molecule is CCc1c(-c2ccc(O)cc2)nn(-c2ccc(C)c(C)c2)c1-c1ccc(O)cc1. The molecule has 0 bridgehead atoms. The van der Waals surface area contributed by atoms with E-state index in [4.69, 9.17) is 5.10 Å². The van der Waals surface area contributed by atoms with E-state index in [0.717, 1.165) is 40.2 Å². The molecule has 4 rings (SSSR count). The van der Waals surface area contributed by atoms with Gasteiger partial charge in [-0.15, -0.1) is 0 Å². The Morgan fingerprint density at radius 3 is 1.90 bits per heavy atom. The number of benzene rings is 3. The molecule has 0 amide bonds. The van der Waals surface area contributed by atoms with Crippen LogP contribution in [0.4, 0.5) is 0 Å². The van der Waals surface area contributed by atoms with E-state index in [1.54, 1.807) is 24.3 Å². The van der Waals surface area contributed by atoms with Gasteiger partial charge in [-0.05, 0) is 92.1 Å². The lowest BCUT2D eigenvalue weighted by Crippen LogP contribution is -2.01. The van der Waals surface area contributed by atoms with Crippen LogP contribution in [-0.4, -0.2) is 20.0 Å². The van der Waals surface area contributed by atoms with E-state index in [0.29, 0.717) is 0 Å². The molecule has 29 heavy (non-hydrogen) atoms. The first kappa shape index (κ1) is 18.8. The van der Waals surface area contributed by atoms with Crippen LogP contribution in [-0.2, 0) is 6.42 Å². The molecule has 0 unspecified atom stereocenters. The van der Waals surface area contributed by atoms with Crippen LogP contribution in [0.15, 0.2) is 66.7 Å². The quantitative estimate of drug-likeness (QED) is 0.468. The minimum absolute atomic E-state index is 0.235. The summed E-state index contributed by atoms with van der Waals surface area (Å²) in [6, 6.07) is 20.7. The fourth-order valence-corrected chi connectivity index (χ4v) is 3.60. The van der Waals surface area contributed by atoms with Gasteiger partial charge < -0.3 is 10.2 Å². The smallest absolute Gasteiger partial charge is 0.115 e. The number of hydrogen-bond donors (Lipinski definition) is 2. The van der Waals surface area contributed by atoms with E-state index in [2.05, 4.69) is 39.0 Å². The van der Waals surface area contributed by atoms with Crippen molar-refractivity contribution in [3.63, 3.8) is 0 Å². The zero-order chi connectivity index (χ0) is 20.5. The van der Waals surface area contributed by atoms with Crippen molar-refractivity contribution in [2.24, 2.45) is 0 Å². The van der Waals surface area contributed by atoms with Crippen LogP contribution in [0, 0.1) is 13.8 Å². The van der Waals surface area contributed by atoms with Gasteiger partial charge in [-0.3, -0.25) is 0 Å². The molecule has 1 aromatic heterocycles. The third kappa shape index (κ3) is 3.49. The second-order valence-electron chi connectivity index (χ2n) is 7.30.